The van der Waals surface area contributed by atoms with E-state index in [4.69, 9.17) is 4.74 Å². The summed E-state index contributed by atoms with van der Waals surface area (Å²) in [6.07, 6.45) is 4.25. The van der Waals surface area contributed by atoms with E-state index in [0.717, 1.165) is 11.8 Å². The van der Waals surface area contributed by atoms with Crippen molar-refractivity contribution in [3.8, 4) is 11.5 Å². The zero-order chi connectivity index (χ0) is 14.8. The van der Waals surface area contributed by atoms with E-state index in [-0.39, 0.29) is 10.6 Å². The molecule has 0 aliphatic carbocycles. The van der Waals surface area contributed by atoms with Crippen LogP contribution < -0.4 is 4.74 Å². The molecule has 0 unspecified atom stereocenters. The van der Waals surface area contributed by atoms with Gasteiger partial charge >= 0.3 is 0 Å². The molecule has 0 radical (unpaired) electrons. The molecule has 0 bridgehead atoms. The molecule has 1 aromatic carbocycles. The number of benzene rings is 1. The highest BCUT2D eigenvalue weighted by Crippen LogP contribution is 2.34. The highest BCUT2D eigenvalue weighted by molar-refractivity contribution is 7.90. The Morgan fingerprint density at radius 2 is 2.10 bits per heavy atom. The zero-order valence-corrected chi connectivity index (χ0v) is 12.0. The number of aliphatic imine (C=N–C) groups is 1. The molecule has 0 N–H and O–H groups in total. The molecule has 20 heavy (non-hydrogen) atoms. The Morgan fingerprint density at radius 1 is 1.35 bits per heavy atom. The third-order valence-electron chi connectivity index (χ3n) is 2.69. The Bertz CT molecular complexity index is 741. The second-order valence-corrected chi connectivity index (χ2v) is 6.29. The SMILES string of the molecule is C=Nc1cc(Oc2cccnc2)c(S(C)(=O)=O)cc1C. The van der Waals surface area contributed by atoms with E-state index >= 15 is 0 Å². The van der Waals surface area contributed by atoms with E-state index in [0.29, 0.717) is 11.4 Å². The Labute approximate surface area is 117 Å². The van der Waals surface area contributed by atoms with Gasteiger partial charge in [0.2, 0.25) is 0 Å². The zero-order valence-electron chi connectivity index (χ0n) is 11.2. The molecule has 0 amide bonds. The van der Waals surface area contributed by atoms with Crippen molar-refractivity contribution in [2.24, 2.45) is 4.99 Å². The number of nitrogens with zero attached hydrogens (tertiary/aromatic N) is 2. The second kappa shape index (κ2) is 5.42. The van der Waals surface area contributed by atoms with Gasteiger partial charge in [-0.3, -0.25) is 9.98 Å². The maximum Gasteiger partial charge on any atom is 0.179 e. The first-order valence-electron chi connectivity index (χ1n) is 5.81. The van der Waals surface area contributed by atoms with Crippen LogP contribution in [0.15, 0.2) is 46.5 Å². The first-order valence-corrected chi connectivity index (χ1v) is 7.70. The van der Waals surface area contributed by atoms with Gasteiger partial charge in [0.25, 0.3) is 0 Å². The predicted molar refractivity (Wildman–Crippen MR) is 77.8 cm³/mol. The molecule has 104 valence electrons. The summed E-state index contributed by atoms with van der Waals surface area (Å²) in [5, 5.41) is 0. The van der Waals surface area contributed by atoms with Gasteiger partial charge < -0.3 is 4.74 Å². The summed E-state index contributed by atoms with van der Waals surface area (Å²) in [6, 6.07) is 6.49. The van der Waals surface area contributed by atoms with Crippen LogP contribution in [0.5, 0.6) is 11.5 Å². The number of rotatable bonds is 4. The summed E-state index contributed by atoms with van der Waals surface area (Å²) in [4.78, 5) is 7.89. The molecular weight excluding hydrogens is 276 g/mol. The fraction of sp³-hybridized carbons (Fsp3) is 0.143. The van der Waals surface area contributed by atoms with Crippen molar-refractivity contribution in [3.05, 3.63) is 42.2 Å². The quantitative estimate of drug-likeness (QED) is 0.812. The fourth-order valence-electron chi connectivity index (χ4n) is 1.73. The molecule has 2 aromatic rings. The molecule has 6 heteroatoms. The van der Waals surface area contributed by atoms with Gasteiger partial charge in [-0.25, -0.2) is 8.42 Å². The Morgan fingerprint density at radius 3 is 2.65 bits per heavy atom. The molecule has 0 aliphatic rings. The number of sulfone groups is 1. The average molecular weight is 290 g/mol. The van der Waals surface area contributed by atoms with Gasteiger partial charge in [0, 0.05) is 18.5 Å². The van der Waals surface area contributed by atoms with E-state index in [2.05, 4.69) is 16.7 Å². The van der Waals surface area contributed by atoms with Gasteiger partial charge in [-0.15, -0.1) is 0 Å². The molecular formula is C14H14N2O3S. The van der Waals surface area contributed by atoms with Gasteiger partial charge in [-0.1, -0.05) is 0 Å². The lowest BCUT2D eigenvalue weighted by Crippen LogP contribution is -2.01. The van der Waals surface area contributed by atoms with Crippen LogP contribution in [0.1, 0.15) is 5.56 Å². The van der Waals surface area contributed by atoms with Crippen LogP contribution in [0.25, 0.3) is 0 Å². The molecule has 5 nitrogen and oxygen atoms in total. The smallest absolute Gasteiger partial charge is 0.179 e. The normalized spacial score (nSPS) is 11.1. The van der Waals surface area contributed by atoms with Crippen molar-refractivity contribution < 1.29 is 13.2 Å². The molecule has 1 heterocycles. The minimum Gasteiger partial charge on any atom is -0.454 e. The minimum atomic E-state index is -3.41. The number of aromatic nitrogens is 1. The van der Waals surface area contributed by atoms with Gasteiger partial charge in [0.05, 0.1) is 11.9 Å². The van der Waals surface area contributed by atoms with E-state index in [9.17, 15) is 8.42 Å². The standard InChI is InChI=1S/C14H14N2O3S/c1-10-7-14(20(3,17)18)13(8-12(10)15-2)19-11-5-4-6-16-9-11/h4-9H,2H2,1,3H3. The first kappa shape index (κ1) is 14.2. The summed E-state index contributed by atoms with van der Waals surface area (Å²) in [6.45, 7) is 5.23. The third-order valence-corrected chi connectivity index (χ3v) is 3.81. The van der Waals surface area contributed by atoms with E-state index in [1.807, 2.05) is 0 Å². The maximum atomic E-state index is 11.9. The summed E-state index contributed by atoms with van der Waals surface area (Å²) in [5.74, 6) is 0.671. The summed E-state index contributed by atoms with van der Waals surface area (Å²) < 4.78 is 29.3. The van der Waals surface area contributed by atoms with E-state index in [1.165, 1.54) is 12.3 Å². The van der Waals surface area contributed by atoms with Crippen LogP contribution in [0.3, 0.4) is 0 Å². The highest BCUT2D eigenvalue weighted by Gasteiger charge is 2.17. The first-order chi connectivity index (χ1) is 9.41. The molecule has 2 rings (SSSR count). The van der Waals surface area contributed by atoms with Crippen LogP contribution in [0, 0.1) is 6.92 Å². The lowest BCUT2D eigenvalue weighted by atomic mass is 10.2. The third kappa shape index (κ3) is 3.03. The lowest BCUT2D eigenvalue weighted by Gasteiger charge is -2.12. The number of ether oxygens (including phenoxy) is 1. The largest absolute Gasteiger partial charge is 0.454 e. The van der Waals surface area contributed by atoms with Crippen molar-refractivity contribution in [1.82, 2.24) is 4.98 Å². The predicted octanol–water partition coefficient (Wildman–Crippen LogP) is 2.92. The minimum absolute atomic E-state index is 0.117. The molecule has 0 atom stereocenters. The second-order valence-electron chi connectivity index (χ2n) is 4.31. The molecule has 0 aliphatic heterocycles. The number of hydrogen-bond acceptors (Lipinski definition) is 5. The van der Waals surface area contributed by atoms with Gasteiger partial charge in [0.1, 0.15) is 16.4 Å². The molecule has 1 aromatic heterocycles. The van der Waals surface area contributed by atoms with Gasteiger partial charge in [-0.05, 0) is 37.4 Å². The monoisotopic (exact) mass is 290 g/mol. The molecule has 0 saturated carbocycles. The number of hydrogen-bond donors (Lipinski definition) is 0. The fourth-order valence-corrected chi connectivity index (χ4v) is 2.58. The van der Waals surface area contributed by atoms with Crippen molar-refractivity contribution in [2.45, 2.75) is 11.8 Å². The topological polar surface area (TPSA) is 68.6 Å². The van der Waals surface area contributed by atoms with Crippen LogP contribution >= 0.6 is 0 Å². The van der Waals surface area contributed by atoms with Crippen LogP contribution in [0.2, 0.25) is 0 Å². The molecule has 0 spiro atoms. The lowest BCUT2D eigenvalue weighted by molar-refractivity contribution is 0.465. The molecule has 0 saturated heterocycles. The average Bonchev–Trinajstić information content (AvgIpc) is 2.40. The van der Waals surface area contributed by atoms with Gasteiger partial charge in [0.15, 0.2) is 9.84 Å². The molecule has 0 fully saturated rings. The number of pyridine rings is 1. The Balaban J connectivity index is 2.58. The Kier molecular flexibility index (Phi) is 3.85. The van der Waals surface area contributed by atoms with Crippen molar-refractivity contribution in [1.29, 1.82) is 0 Å². The Hall–Kier alpha value is -2.21. The summed E-state index contributed by atoms with van der Waals surface area (Å²) in [5.41, 5.74) is 1.30. The maximum absolute atomic E-state index is 11.9. The van der Waals surface area contributed by atoms with E-state index < -0.39 is 9.84 Å². The number of aryl methyl sites for hydroxylation is 1. The van der Waals surface area contributed by atoms with Crippen molar-refractivity contribution >= 4 is 22.2 Å². The van der Waals surface area contributed by atoms with E-state index in [1.54, 1.807) is 31.3 Å². The van der Waals surface area contributed by atoms with Crippen molar-refractivity contribution in [2.75, 3.05) is 6.26 Å². The van der Waals surface area contributed by atoms with Gasteiger partial charge in [-0.2, -0.15) is 0 Å². The van der Waals surface area contributed by atoms with Crippen LogP contribution in [-0.4, -0.2) is 26.4 Å². The van der Waals surface area contributed by atoms with Crippen LogP contribution in [0.4, 0.5) is 5.69 Å². The summed E-state index contributed by atoms with van der Waals surface area (Å²) in [7, 11) is -3.41. The van der Waals surface area contributed by atoms with Crippen LogP contribution in [-0.2, 0) is 9.84 Å². The summed E-state index contributed by atoms with van der Waals surface area (Å²) >= 11 is 0. The highest BCUT2D eigenvalue weighted by atomic mass is 32.2. The van der Waals surface area contributed by atoms with Crippen molar-refractivity contribution in [3.63, 3.8) is 0 Å².